The van der Waals surface area contributed by atoms with E-state index in [0.717, 1.165) is 48.3 Å². The highest BCUT2D eigenvalue weighted by molar-refractivity contribution is 6.00. The summed E-state index contributed by atoms with van der Waals surface area (Å²) in [5, 5.41) is 8.80. The molecule has 1 atom stereocenters. The van der Waals surface area contributed by atoms with Crippen molar-refractivity contribution in [1.82, 2.24) is 10.5 Å². The Morgan fingerprint density at radius 3 is 2.85 bits per heavy atom. The number of amides is 2. The van der Waals surface area contributed by atoms with Crippen LogP contribution in [0.2, 0.25) is 0 Å². The molecule has 0 radical (unpaired) electrons. The van der Waals surface area contributed by atoms with Gasteiger partial charge in [0.1, 0.15) is 0 Å². The van der Waals surface area contributed by atoms with Crippen LogP contribution in [0.1, 0.15) is 40.0 Å². The second-order valence-electron chi connectivity index (χ2n) is 7.24. The van der Waals surface area contributed by atoms with E-state index in [1.807, 2.05) is 36.1 Å². The molecule has 26 heavy (non-hydrogen) atoms. The van der Waals surface area contributed by atoms with Crippen LogP contribution >= 0.6 is 0 Å². The number of rotatable bonds is 2. The average molecular weight is 351 g/mol. The van der Waals surface area contributed by atoms with Gasteiger partial charge in [-0.2, -0.15) is 0 Å². The van der Waals surface area contributed by atoms with Gasteiger partial charge in [-0.25, -0.2) is 5.48 Å². The number of anilines is 1. The molecule has 2 heterocycles. The zero-order valence-electron chi connectivity index (χ0n) is 14.7. The Hall–Kier alpha value is -2.73. The van der Waals surface area contributed by atoms with Gasteiger partial charge in [-0.1, -0.05) is 6.07 Å². The minimum absolute atomic E-state index is 0.186. The summed E-state index contributed by atoms with van der Waals surface area (Å²) in [4.78, 5) is 30.9. The number of hydroxylamine groups is 1. The Morgan fingerprint density at radius 2 is 2.08 bits per heavy atom. The molecule has 2 aliphatic rings. The van der Waals surface area contributed by atoms with Crippen LogP contribution in [0.15, 0.2) is 36.5 Å². The van der Waals surface area contributed by atoms with Crippen molar-refractivity contribution in [2.24, 2.45) is 5.41 Å². The number of benzene rings is 1. The van der Waals surface area contributed by atoms with E-state index in [9.17, 15) is 9.59 Å². The molecule has 1 aliphatic heterocycles. The molecule has 0 unspecified atom stereocenters. The number of hydrogen-bond donors (Lipinski definition) is 2. The molecule has 6 heteroatoms. The monoisotopic (exact) mass is 351 g/mol. The van der Waals surface area contributed by atoms with Crippen LogP contribution in [-0.4, -0.2) is 28.6 Å². The Bertz CT molecular complexity index is 896. The normalized spacial score (nSPS) is 21.8. The van der Waals surface area contributed by atoms with Crippen molar-refractivity contribution < 1.29 is 14.8 Å². The second-order valence-corrected chi connectivity index (χ2v) is 7.24. The summed E-state index contributed by atoms with van der Waals surface area (Å²) in [6, 6.07) is 9.27. The van der Waals surface area contributed by atoms with Gasteiger partial charge in [0, 0.05) is 29.7 Å². The van der Waals surface area contributed by atoms with Gasteiger partial charge in [-0.05, 0) is 68.0 Å². The van der Waals surface area contributed by atoms with Crippen LogP contribution in [0.3, 0.4) is 0 Å². The SMILES string of the molecule is Cc1cc(N2CC[C@@]3(CCc4cc(C(=O)NO)ccc4C3)C2=O)ccn1. The van der Waals surface area contributed by atoms with Crippen molar-refractivity contribution in [2.75, 3.05) is 11.4 Å². The highest BCUT2D eigenvalue weighted by atomic mass is 16.5. The molecule has 1 aromatic heterocycles. The molecule has 2 N–H and O–H groups in total. The molecular formula is C20H21N3O3. The number of pyridine rings is 1. The summed E-state index contributed by atoms with van der Waals surface area (Å²) in [7, 11) is 0. The van der Waals surface area contributed by atoms with Crippen LogP contribution in [-0.2, 0) is 17.6 Å². The van der Waals surface area contributed by atoms with E-state index in [2.05, 4.69) is 4.98 Å². The van der Waals surface area contributed by atoms with Gasteiger partial charge in [0.25, 0.3) is 5.91 Å². The van der Waals surface area contributed by atoms with E-state index >= 15 is 0 Å². The van der Waals surface area contributed by atoms with Crippen molar-refractivity contribution in [3.8, 4) is 0 Å². The molecule has 6 nitrogen and oxygen atoms in total. The number of aryl methyl sites for hydroxylation is 2. The number of carbonyl (C=O) groups is 2. The molecule has 1 fully saturated rings. The predicted molar refractivity (Wildman–Crippen MR) is 96.1 cm³/mol. The quantitative estimate of drug-likeness (QED) is 0.643. The van der Waals surface area contributed by atoms with Gasteiger partial charge in [-0.3, -0.25) is 19.8 Å². The van der Waals surface area contributed by atoms with E-state index in [0.29, 0.717) is 12.0 Å². The highest BCUT2D eigenvalue weighted by Gasteiger charge is 2.48. The highest BCUT2D eigenvalue weighted by Crippen LogP contribution is 2.45. The van der Waals surface area contributed by atoms with Gasteiger partial charge in [0.2, 0.25) is 5.91 Å². The molecule has 2 amide bonds. The number of aromatic nitrogens is 1. The van der Waals surface area contributed by atoms with Crippen LogP contribution in [0.4, 0.5) is 5.69 Å². The zero-order chi connectivity index (χ0) is 18.3. The Morgan fingerprint density at radius 1 is 1.23 bits per heavy atom. The molecule has 1 aromatic carbocycles. The maximum absolute atomic E-state index is 13.2. The van der Waals surface area contributed by atoms with E-state index in [4.69, 9.17) is 5.21 Å². The van der Waals surface area contributed by atoms with Gasteiger partial charge < -0.3 is 4.90 Å². The van der Waals surface area contributed by atoms with Gasteiger partial charge in [-0.15, -0.1) is 0 Å². The molecule has 4 rings (SSSR count). The molecule has 0 bridgehead atoms. The largest absolute Gasteiger partial charge is 0.312 e. The van der Waals surface area contributed by atoms with E-state index < -0.39 is 5.91 Å². The van der Waals surface area contributed by atoms with Crippen molar-refractivity contribution in [3.05, 3.63) is 58.9 Å². The number of carbonyl (C=O) groups excluding carboxylic acids is 2. The van der Waals surface area contributed by atoms with Crippen molar-refractivity contribution in [3.63, 3.8) is 0 Å². The fraction of sp³-hybridized carbons (Fsp3) is 0.350. The lowest BCUT2D eigenvalue weighted by Gasteiger charge is -2.33. The number of hydrogen-bond acceptors (Lipinski definition) is 4. The fourth-order valence-electron chi connectivity index (χ4n) is 4.23. The average Bonchev–Trinajstić information content (AvgIpc) is 2.96. The fourth-order valence-corrected chi connectivity index (χ4v) is 4.23. The lowest BCUT2D eigenvalue weighted by atomic mass is 9.70. The van der Waals surface area contributed by atoms with Gasteiger partial charge in [0.05, 0.1) is 5.41 Å². The molecular weight excluding hydrogens is 330 g/mol. The Balaban J connectivity index is 1.60. The van der Waals surface area contributed by atoms with Crippen LogP contribution in [0.5, 0.6) is 0 Å². The number of nitrogens with one attached hydrogen (secondary N) is 1. The standard InChI is InChI=1S/C20H21N3O3/c1-13-10-17(5-8-21-13)23-9-7-20(19(23)25)6-4-14-11-15(18(24)22-26)2-3-16(14)12-20/h2-3,5,8,10-11,26H,4,6-7,9,12H2,1H3,(H,22,24)/t20-/m1/s1. The second kappa shape index (κ2) is 6.21. The van der Waals surface area contributed by atoms with E-state index in [1.54, 1.807) is 17.7 Å². The van der Waals surface area contributed by atoms with Gasteiger partial charge >= 0.3 is 0 Å². The van der Waals surface area contributed by atoms with Crippen molar-refractivity contribution in [1.29, 1.82) is 0 Å². The first kappa shape index (κ1) is 16.7. The van der Waals surface area contributed by atoms with Gasteiger partial charge in [0.15, 0.2) is 0 Å². The molecule has 1 spiro atoms. The topological polar surface area (TPSA) is 82.5 Å². The number of nitrogens with zero attached hydrogens (tertiary/aromatic N) is 2. The first-order chi connectivity index (χ1) is 12.5. The first-order valence-corrected chi connectivity index (χ1v) is 8.83. The summed E-state index contributed by atoms with van der Waals surface area (Å²) < 4.78 is 0. The van der Waals surface area contributed by atoms with Crippen molar-refractivity contribution >= 4 is 17.5 Å². The minimum Gasteiger partial charge on any atom is -0.312 e. The maximum atomic E-state index is 13.2. The Labute approximate surface area is 151 Å². The summed E-state index contributed by atoms with van der Waals surface area (Å²) in [6.45, 7) is 2.65. The first-order valence-electron chi connectivity index (χ1n) is 8.83. The molecule has 134 valence electrons. The lowest BCUT2D eigenvalue weighted by Crippen LogP contribution is -2.38. The van der Waals surface area contributed by atoms with Crippen LogP contribution < -0.4 is 10.4 Å². The molecule has 1 aliphatic carbocycles. The van der Waals surface area contributed by atoms with E-state index in [-0.39, 0.29) is 11.3 Å². The maximum Gasteiger partial charge on any atom is 0.274 e. The smallest absolute Gasteiger partial charge is 0.274 e. The third kappa shape index (κ3) is 2.66. The summed E-state index contributed by atoms with van der Waals surface area (Å²) in [5.41, 5.74) is 5.77. The molecule has 2 aromatic rings. The summed E-state index contributed by atoms with van der Waals surface area (Å²) >= 11 is 0. The van der Waals surface area contributed by atoms with Crippen LogP contribution in [0, 0.1) is 12.3 Å². The number of fused-ring (bicyclic) bond motifs is 1. The van der Waals surface area contributed by atoms with Crippen molar-refractivity contribution in [2.45, 2.75) is 32.6 Å². The molecule has 0 saturated carbocycles. The molecule has 1 saturated heterocycles. The summed E-state index contributed by atoms with van der Waals surface area (Å²) in [6.07, 6.45) is 4.82. The third-order valence-electron chi connectivity index (χ3n) is 5.68. The lowest BCUT2D eigenvalue weighted by molar-refractivity contribution is -0.126. The van der Waals surface area contributed by atoms with Crippen LogP contribution in [0.25, 0.3) is 0 Å². The predicted octanol–water partition coefficient (Wildman–Crippen LogP) is 2.42. The Kier molecular flexibility index (Phi) is 4.00. The summed E-state index contributed by atoms with van der Waals surface area (Å²) in [5.74, 6) is -0.324. The third-order valence-corrected chi connectivity index (χ3v) is 5.68. The van der Waals surface area contributed by atoms with E-state index in [1.165, 1.54) is 0 Å². The zero-order valence-corrected chi connectivity index (χ0v) is 14.7. The minimum atomic E-state index is -0.510.